The topological polar surface area (TPSA) is 121 Å². The van der Waals surface area contributed by atoms with Gasteiger partial charge in [0.1, 0.15) is 11.2 Å². The zero-order chi connectivity index (χ0) is 22.4. The van der Waals surface area contributed by atoms with E-state index in [1.165, 1.54) is 36.6 Å². The molecular weight excluding hydrogens is 422 g/mol. The number of aromatic nitrogens is 1. The molecule has 9 nitrogen and oxygen atoms in total. The maximum Gasteiger partial charge on any atom is 0.406 e. The number of anilines is 1. The molecule has 1 atom stereocenters. The van der Waals surface area contributed by atoms with Gasteiger partial charge in [0.2, 0.25) is 5.75 Å². The molecule has 0 spiro atoms. The highest BCUT2D eigenvalue weighted by Gasteiger charge is 2.25. The molecule has 3 aromatic rings. The van der Waals surface area contributed by atoms with E-state index in [9.17, 15) is 19.7 Å². The van der Waals surface area contributed by atoms with Crippen LogP contribution in [0.5, 0.6) is 5.75 Å². The largest absolute Gasteiger partial charge is 0.473 e. The molecule has 0 radical (unpaired) electrons. The van der Waals surface area contributed by atoms with E-state index in [0.717, 1.165) is 10.4 Å². The van der Waals surface area contributed by atoms with Crippen LogP contribution in [0.15, 0.2) is 54.7 Å². The van der Waals surface area contributed by atoms with Gasteiger partial charge in [-0.2, -0.15) is 0 Å². The quantitative estimate of drug-likeness (QED) is 0.314. The molecule has 0 aliphatic carbocycles. The van der Waals surface area contributed by atoms with E-state index in [0.29, 0.717) is 5.00 Å². The van der Waals surface area contributed by atoms with Crippen molar-refractivity contribution < 1.29 is 24.0 Å². The number of amides is 1. The summed E-state index contributed by atoms with van der Waals surface area (Å²) in [6.45, 7) is 3.33. The minimum atomic E-state index is -1.08. The molecule has 0 saturated carbocycles. The molecule has 0 bridgehead atoms. The number of thiophene rings is 1. The molecule has 3 rings (SSSR count). The summed E-state index contributed by atoms with van der Waals surface area (Å²) >= 11 is 1.22. The number of esters is 1. The lowest BCUT2D eigenvalue weighted by Gasteiger charge is -2.14. The highest BCUT2D eigenvalue weighted by molar-refractivity contribution is 7.20. The second-order valence-corrected chi connectivity index (χ2v) is 7.32. The molecule has 10 heteroatoms. The lowest BCUT2D eigenvalue weighted by atomic mass is 10.1. The molecule has 1 amide bonds. The van der Waals surface area contributed by atoms with E-state index in [2.05, 4.69) is 10.3 Å². The first-order valence-electron chi connectivity index (χ1n) is 9.34. The summed E-state index contributed by atoms with van der Waals surface area (Å²) in [6.07, 6.45) is 0.179. The van der Waals surface area contributed by atoms with Gasteiger partial charge in [-0.15, -0.1) is 11.3 Å². The molecule has 0 aliphatic rings. The number of carbonyl (C=O) groups excluding carboxylic acids is 2. The molecule has 2 aromatic heterocycles. The van der Waals surface area contributed by atoms with E-state index in [1.54, 1.807) is 13.0 Å². The van der Waals surface area contributed by atoms with Crippen LogP contribution in [0, 0.1) is 10.1 Å². The van der Waals surface area contributed by atoms with Gasteiger partial charge in [-0.1, -0.05) is 30.3 Å². The number of nitrogens with zero attached hydrogens (tertiary/aromatic N) is 2. The lowest BCUT2D eigenvalue weighted by molar-refractivity contribution is -0.390. The van der Waals surface area contributed by atoms with Crippen LogP contribution in [0.25, 0.3) is 10.4 Å². The number of benzene rings is 1. The molecular formula is C21H19N3O6S. The van der Waals surface area contributed by atoms with Crippen LogP contribution in [-0.4, -0.2) is 34.5 Å². The summed E-state index contributed by atoms with van der Waals surface area (Å²) in [7, 11) is 0. The van der Waals surface area contributed by atoms with Crippen LogP contribution in [-0.2, 0) is 9.53 Å². The average Bonchev–Trinajstić information content (AvgIpc) is 3.18. The second kappa shape index (κ2) is 9.81. The van der Waals surface area contributed by atoms with E-state index in [4.69, 9.17) is 9.47 Å². The van der Waals surface area contributed by atoms with Crippen molar-refractivity contribution in [1.82, 2.24) is 4.98 Å². The Morgan fingerprint density at radius 1 is 1.23 bits per heavy atom. The van der Waals surface area contributed by atoms with E-state index in [-0.39, 0.29) is 17.9 Å². The number of carbonyl (C=O) groups is 2. The first kappa shape index (κ1) is 21.9. The Hall–Kier alpha value is -3.79. The second-order valence-electron chi connectivity index (χ2n) is 6.27. The normalized spacial score (nSPS) is 11.4. The van der Waals surface area contributed by atoms with E-state index < -0.39 is 28.7 Å². The van der Waals surface area contributed by atoms with Gasteiger partial charge in [-0.05, 0) is 47.5 Å². The first-order chi connectivity index (χ1) is 14.9. The summed E-state index contributed by atoms with van der Waals surface area (Å²) in [5, 5.41) is 14.1. The Morgan fingerprint density at radius 2 is 1.97 bits per heavy atom. The van der Waals surface area contributed by atoms with Gasteiger partial charge in [0, 0.05) is 4.88 Å². The van der Waals surface area contributed by atoms with E-state index >= 15 is 0 Å². The smallest absolute Gasteiger partial charge is 0.406 e. The third-order valence-corrected chi connectivity index (χ3v) is 5.22. The van der Waals surface area contributed by atoms with Crippen molar-refractivity contribution in [2.24, 2.45) is 0 Å². The maximum atomic E-state index is 12.7. The predicted octanol–water partition coefficient (Wildman–Crippen LogP) is 4.30. The molecule has 0 aliphatic heterocycles. The summed E-state index contributed by atoms with van der Waals surface area (Å²) in [5.41, 5.74) is 1.10. The number of pyridine rings is 1. The third-order valence-electron chi connectivity index (χ3n) is 4.12. The Bertz CT molecular complexity index is 1100. The van der Waals surface area contributed by atoms with Crippen molar-refractivity contribution in [2.45, 2.75) is 20.0 Å². The molecule has 160 valence electrons. The zero-order valence-electron chi connectivity index (χ0n) is 16.7. The minimum Gasteiger partial charge on any atom is -0.473 e. The van der Waals surface area contributed by atoms with Crippen molar-refractivity contribution in [3.63, 3.8) is 0 Å². The molecule has 2 heterocycles. The van der Waals surface area contributed by atoms with Crippen molar-refractivity contribution in [2.75, 3.05) is 11.9 Å². The molecule has 31 heavy (non-hydrogen) atoms. The molecule has 0 fully saturated rings. The Balaban J connectivity index is 1.83. The van der Waals surface area contributed by atoms with Crippen molar-refractivity contribution >= 4 is 34.0 Å². The van der Waals surface area contributed by atoms with Crippen molar-refractivity contribution in [3.8, 4) is 16.2 Å². The van der Waals surface area contributed by atoms with Crippen LogP contribution in [0.4, 0.5) is 10.8 Å². The first-order valence-corrected chi connectivity index (χ1v) is 10.2. The number of nitro groups is 1. The Morgan fingerprint density at radius 3 is 2.65 bits per heavy atom. The third kappa shape index (κ3) is 5.23. The fourth-order valence-electron chi connectivity index (χ4n) is 2.66. The van der Waals surface area contributed by atoms with Gasteiger partial charge in [-0.3, -0.25) is 4.79 Å². The number of hydrogen-bond donors (Lipinski definition) is 1. The van der Waals surface area contributed by atoms with Gasteiger partial charge in [0.05, 0.1) is 12.2 Å². The lowest BCUT2D eigenvalue weighted by Crippen LogP contribution is -2.30. The van der Waals surface area contributed by atoms with Gasteiger partial charge >= 0.3 is 11.8 Å². The summed E-state index contributed by atoms with van der Waals surface area (Å²) in [5.74, 6) is -1.76. The number of hydrogen-bond acceptors (Lipinski definition) is 8. The number of rotatable bonds is 8. The summed E-state index contributed by atoms with van der Waals surface area (Å²) in [4.78, 5) is 39.9. The van der Waals surface area contributed by atoms with Gasteiger partial charge in [-0.25, -0.2) is 4.79 Å². The van der Waals surface area contributed by atoms with Crippen LogP contribution >= 0.6 is 11.3 Å². The summed E-state index contributed by atoms with van der Waals surface area (Å²) < 4.78 is 10.6. The van der Waals surface area contributed by atoms with Gasteiger partial charge < -0.3 is 24.9 Å². The number of ether oxygens (including phenoxy) is 2. The van der Waals surface area contributed by atoms with Crippen LogP contribution in [0.3, 0.4) is 0 Å². The van der Waals surface area contributed by atoms with Gasteiger partial charge in [0.25, 0.3) is 5.91 Å². The highest BCUT2D eigenvalue weighted by atomic mass is 32.1. The molecule has 1 N–H and O–H groups in total. The van der Waals surface area contributed by atoms with Crippen LogP contribution in [0.1, 0.15) is 24.2 Å². The molecule has 0 saturated heterocycles. The Labute approximate surface area is 181 Å². The highest BCUT2D eigenvalue weighted by Crippen LogP contribution is 2.36. The van der Waals surface area contributed by atoms with Crippen LogP contribution in [0.2, 0.25) is 0 Å². The maximum absolute atomic E-state index is 12.7. The Kier molecular flexibility index (Phi) is 6.93. The molecule has 1 aromatic carbocycles. The van der Waals surface area contributed by atoms with Crippen LogP contribution < -0.4 is 10.1 Å². The minimum absolute atomic E-state index is 0.128. The number of nitrogens with one attached hydrogen (secondary N) is 1. The predicted molar refractivity (Wildman–Crippen MR) is 115 cm³/mol. The fraction of sp³-hybridized carbons (Fsp3) is 0.190. The van der Waals surface area contributed by atoms with Crippen molar-refractivity contribution in [3.05, 3.63) is 70.4 Å². The fourth-order valence-corrected chi connectivity index (χ4v) is 3.71. The van der Waals surface area contributed by atoms with E-state index in [1.807, 2.05) is 30.3 Å². The monoisotopic (exact) mass is 441 g/mol. The average molecular weight is 441 g/mol. The van der Waals surface area contributed by atoms with Gasteiger partial charge in [0.15, 0.2) is 6.10 Å². The molecule has 1 unspecified atom stereocenters. The zero-order valence-corrected chi connectivity index (χ0v) is 17.5. The summed E-state index contributed by atoms with van der Waals surface area (Å²) in [6, 6.07) is 13.9. The van der Waals surface area contributed by atoms with Crippen molar-refractivity contribution in [1.29, 1.82) is 0 Å². The standard InChI is InChI=1S/C21H19N3O6S/c1-3-29-21(26)15-12-17(14-8-5-4-6-9-14)31-20(15)23-19(25)13(2)30-16-10-7-11-22-18(16)24(27)28/h4-13H,3H2,1-2H3,(H,23,25). The SMILES string of the molecule is CCOC(=O)c1cc(-c2ccccc2)sc1NC(=O)C(C)Oc1cccnc1[N+](=O)[O-].